The summed E-state index contributed by atoms with van der Waals surface area (Å²) in [5.41, 5.74) is 3.89. The summed E-state index contributed by atoms with van der Waals surface area (Å²) < 4.78 is 6.17. The monoisotopic (exact) mass is 274 g/mol. The number of aryl methyl sites for hydroxylation is 1. The van der Waals surface area contributed by atoms with E-state index in [1.54, 1.807) is 0 Å². The van der Waals surface area contributed by atoms with E-state index < -0.39 is 0 Å². The van der Waals surface area contributed by atoms with E-state index in [0.717, 1.165) is 19.6 Å². The molecule has 20 heavy (non-hydrogen) atoms. The molecule has 0 saturated carbocycles. The molecule has 0 aromatic heterocycles. The van der Waals surface area contributed by atoms with Crippen LogP contribution in [0.1, 0.15) is 39.7 Å². The van der Waals surface area contributed by atoms with Crippen molar-refractivity contribution in [3.63, 3.8) is 0 Å². The maximum Gasteiger partial charge on any atom is 0.0808 e. The van der Waals surface area contributed by atoms with Crippen molar-refractivity contribution < 1.29 is 4.74 Å². The highest BCUT2D eigenvalue weighted by Gasteiger charge is 2.38. The molecule has 1 N–H and O–H groups in total. The van der Waals surface area contributed by atoms with Crippen molar-refractivity contribution in [3.8, 4) is 0 Å². The number of ether oxygens (including phenoxy) is 1. The Bertz CT molecular complexity index is 492. The summed E-state index contributed by atoms with van der Waals surface area (Å²) in [5, 5.41) is 3.48. The van der Waals surface area contributed by atoms with Crippen LogP contribution in [-0.2, 0) is 11.2 Å². The van der Waals surface area contributed by atoms with Gasteiger partial charge in [-0.3, -0.25) is 0 Å². The molecule has 2 aliphatic rings. The molecular weight excluding hydrogens is 248 g/mol. The first kappa shape index (κ1) is 13.7. The number of fused-ring (bicyclic) bond motifs is 1. The lowest BCUT2D eigenvalue weighted by molar-refractivity contribution is -0.133. The molecular formula is C17H26N2O. The molecule has 0 bridgehead atoms. The predicted octanol–water partition coefficient (Wildman–Crippen LogP) is 3.44. The lowest BCUT2D eigenvalue weighted by Gasteiger charge is -2.48. The fourth-order valence-electron chi connectivity index (χ4n) is 3.63. The van der Waals surface area contributed by atoms with E-state index in [1.165, 1.54) is 29.8 Å². The molecule has 0 amide bonds. The molecule has 0 unspecified atom stereocenters. The van der Waals surface area contributed by atoms with Gasteiger partial charge >= 0.3 is 0 Å². The van der Waals surface area contributed by atoms with Gasteiger partial charge in [0, 0.05) is 31.0 Å². The van der Waals surface area contributed by atoms with Gasteiger partial charge in [0.15, 0.2) is 0 Å². The fraction of sp³-hybridized carbons (Fsp3) is 0.647. The molecule has 0 spiro atoms. The van der Waals surface area contributed by atoms with Crippen molar-refractivity contribution in [1.29, 1.82) is 0 Å². The third-order valence-corrected chi connectivity index (χ3v) is 4.09. The second-order valence-electron chi connectivity index (χ2n) is 7.35. The van der Waals surface area contributed by atoms with Gasteiger partial charge in [-0.05, 0) is 64.3 Å². The van der Waals surface area contributed by atoms with Crippen molar-refractivity contribution >= 4 is 11.4 Å². The Morgan fingerprint density at radius 2 is 1.80 bits per heavy atom. The molecule has 1 aromatic carbocycles. The van der Waals surface area contributed by atoms with Crippen molar-refractivity contribution in [2.75, 3.05) is 29.9 Å². The highest BCUT2D eigenvalue weighted by atomic mass is 16.5. The molecule has 1 aromatic rings. The van der Waals surface area contributed by atoms with Crippen LogP contribution in [-0.4, -0.2) is 30.8 Å². The maximum absolute atomic E-state index is 6.17. The molecule has 1 saturated heterocycles. The van der Waals surface area contributed by atoms with Gasteiger partial charge in [-0.25, -0.2) is 0 Å². The normalized spacial score (nSPS) is 23.9. The van der Waals surface area contributed by atoms with Crippen LogP contribution >= 0.6 is 0 Å². The number of rotatable bonds is 1. The first-order chi connectivity index (χ1) is 9.35. The zero-order valence-corrected chi connectivity index (χ0v) is 13.1. The van der Waals surface area contributed by atoms with E-state index in [9.17, 15) is 0 Å². The van der Waals surface area contributed by atoms with Gasteiger partial charge in [-0.1, -0.05) is 0 Å². The average molecular weight is 274 g/mol. The van der Waals surface area contributed by atoms with Crippen LogP contribution in [0.5, 0.6) is 0 Å². The first-order valence-electron chi connectivity index (χ1n) is 7.67. The SMILES string of the molecule is CC1(C)CN(c2ccc3c(c2)CCCN3)CC(C)(C)O1. The second kappa shape index (κ2) is 4.66. The Hall–Kier alpha value is -1.22. The second-order valence-corrected chi connectivity index (χ2v) is 7.35. The van der Waals surface area contributed by atoms with E-state index in [-0.39, 0.29) is 11.2 Å². The topological polar surface area (TPSA) is 24.5 Å². The summed E-state index contributed by atoms with van der Waals surface area (Å²) >= 11 is 0. The van der Waals surface area contributed by atoms with Gasteiger partial charge in [0.2, 0.25) is 0 Å². The quantitative estimate of drug-likeness (QED) is 0.849. The average Bonchev–Trinajstić information content (AvgIpc) is 2.34. The van der Waals surface area contributed by atoms with Crippen molar-refractivity contribution in [1.82, 2.24) is 0 Å². The Labute approximate surface area is 122 Å². The number of nitrogens with one attached hydrogen (secondary N) is 1. The molecule has 3 heteroatoms. The van der Waals surface area contributed by atoms with Gasteiger partial charge in [0.25, 0.3) is 0 Å². The van der Waals surface area contributed by atoms with Gasteiger partial charge in [0.1, 0.15) is 0 Å². The Morgan fingerprint density at radius 1 is 1.10 bits per heavy atom. The Morgan fingerprint density at radius 3 is 2.50 bits per heavy atom. The summed E-state index contributed by atoms with van der Waals surface area (Å²) in [6.07, 6.45) is 2.42. The minimum atomic E-state index is -0.101. The minimum Gasteiger partial charge on any atom is -0.385 e. The summed E-state index contributed by atoms with van der Waals surface area (Å²) in [5.74, 6) is 0. The highest BCUT2D eigenvalue weighted by Crippen LogP contribution is 2.33. The molecule has 3 nitrogen and oxygen atoms in total. The summed E-state index contributed by atoms with van der Waals surface area (Å²) in [7, 11) is 0. The van der Waals surface area contributed by atoms with E-state index in [1.807, 2.05) is 0 Å². The predicted molar refractivity (Wildman–Crippen MR) is 84.7 cm³/mol. The van der Waals surface area contributed by atoms with Crippen LogP contribution in [0, 0.1) is 0 Å². The van der Waals surface area contributed by atoms with Crippen LogP contribution in [0.4, 0.5) is 11.4 Å². The van der Waals surface area contributed by atoms with Crippen LogP contribution < -0.4 is 10.2 Å². The van der Waals surface area contributed by atoms with E-state index in [4.69, 9.17) is 4.74 Å². The summed E-state index contributed by atoms with van der Waals surface area (Å²) in [6, 6.07) is 6.84. The third-order valence-electron chi connectivity index (χ3n) is 4.09. The molecule has 110 valence electrons. The smallest absolute Gasteiger partial charge is 0.0808 e. The van der Waals surface area contributed by atoms with Gasteiger partial charge in [-0.2, -0.15) is 0 Å². The molecule has 2 heterocycles. The standard InChI is InChI=1S/C17H26N2O/c1-16(2)11-19(12-17(3,4)20-16)14-7-8-15-13(10-14)6-5-9-18-15/h7-8,10,18H,5-6,9,11-12H2,1-4H3. The van der Waals surface area contributed by atoms with Gasteiger partial charge in [0.05, 0.1) is 11.2 Å². The molecule has 1 fully saturated rings. The van der Waals surface area contributed by atoms with Gasteiger partial charge in [-0.15, -0.1) is 0 Å². The van der Waals surface area contributed by atoms with Crippen LogP contribution in [0.2, 0.25) is 0 Å². The number of benzene rings is 1. The zero-order chi connectivity index (χ0) is 14.4. The Balaban J connectivity index is 1.88. The summed E-state index contributed by atoms with van der Waals surface area (Å²) in [6.45, 7) is 11.7. The largest absolute Gasteiger partial charge is 0.385 e. The number of anilines is 2. The lowest BCUT2D eigenvalue weighted by Crippen LogP contribution is -2.57. The Kier molecular flexibility index (Phi) is 3.20. The zero-order valence-electron chi connectivity index (χ0n) is 13.1. The summed E-state index contributed by atoms with van der Waals surface area (Å²) in [4.78, 5) is 2.47. The fourth-order valence-corrected chi connectivity index (χ4v) is 3.63. The lowest BCUT2D eigenvalue weighted by atomic mass is 9.97. The van der Waals surface area contributed by atoms with Crippen LogP contribution in [0.3, 0.4) is 0 Å². The van der Waals surface area contributed by atoms with E-state index >= 15 is 0 Å². The molecule has 2 aliphatic heterocycles. The highest BCUT2D eigenvalue weighted by molar-refractivity contribution is 5.62. The number of nitrogens with zero attached hydrogens (tertiary/aromatic N) is 1. The van der Waals surface area contributed by atoms with Gasteiger partial charge < -0.3 is 15.0 Å². The van der Waals surface area contributed by atoms with Crippen molar-refractivity contribution in [2.45, 2.75) is 51.7 Å². The molecule has 0 atom stereocenters. The van der Waals surface area contributed by atoms with Crippen LogP contribution in [0.15, 0.2) is 18.2 Å². The first-order valence-corrected chi connectivity index (χ1v) is 7.67. The maximum atomic E-state index is 6.17. The molecule has 0 radical (unpaired) electrons. The minimum absolute atomic E-state index is 0.101. The number of morpholine rings is 1. The van der Waals surface area contributed by atoms with E-state index in [0.29, 0.717) is 0 Å². The molecule has 0 aliphatic carbocycles. The molecule has 3 rings (SSSR count). The number of hydrogen-bond donors (Lipinski definition) is 1. The van der Waals surface area contributed by atoms with E-state index in [2.05, 4.69) is 56.1 Å². The van der Waals surface area contributed by atoms with Crippen molar-refractivity contribution in [3.05, 3.63) is 23.8 Å². The third kappa shape index (κ3) is 2.78. The van der Waals surface area contributed by atoms with Crippen molar-refractivity contribution in [2.24, 2.45) is 0 Å². The number of hydrogen-bond acceptors (Lipinski definition) is 3. The van der Waals surface area contributed by atoms with Crippen LogP contribution in [0.25, 0.3) is 0 Å².